The summed E-state index contributed by atoms with van der Waals surface area (Å²) in [6.07, 6.45) is -0.253. The maximum Gasteiger partial charge on any atom is 0.261 e. The molecule has 0 bridgehead atoms. The van der Waals surface area contributed by atoms with Crippen molar-refractivity contribution in [3.05, 3.63) is 65.5 Å². The van der Waals surface area contributed by atoms with Gasteiger partial charge >= 0.3 is 0 Å². The Bertz CT molecular complexity index is 1220. The second-order valence-corrected chi connectivity index (χ2v) is 7.55. The quantitative estimate of drug-likeness (QED) is 0.699. The minimum atomic E-state index is -1.15. The Morgan fingerprint density at radius 3 is 2.31 bits per heavy atom. The molecule has 0 unspecified atom stereocenters. The molecule has 3 aliphatic rings. The van der Waals surface area contributed by atoms with E-state index in [2.05, 4.69) is 10.5 Å². The summed E-state index contributed by atoms with van der Waals surface area (Å²) in [7, 11) is 0. The lowest BCUT2D eigenvalue weighted by Crippen LogP contribution is -2.36. The van der Waals surface area contributed by atoms with E-state index in [4.69, 9.17) is 0 Å². The number of hydrazone groups is 1. The predicted octanol–water partition coefficient (Wildman–Crippen LogP) is 0.898. The predicted molar refractivity (Wildman–Crippen MR) is 108 cm³/mol. The van der Waals surface area contributed by atoms with Gasteiger partial charge in [0.15, 0.2) is 5.78 Å². The van der Waals surface area contributed by atoms with Crippen LogP contribution >= 0.6 is 0 Å². The zero-order valence-corrected chi connectivity index (χ0v) is 16.4. The van der Waals surface area contributed by atoms with Gasteiger partial charge in [0, 0.05) is 13.0 Å². The van der Waals surface area contributed by atoms with Gasteiger partial charge in [0.1, 0.15) is 23.5 Å². The van der Waals surface area contributed by atoms with Crippen LogP contribution in [0.25, 0.3) is 0 Å². The van der Waals surface area contributed by atoms with E-state index >= 15 is 0 Å². The first-order valence-corrected chi connectivity index (χ1v) is 9.83. The van der Waals surface area contributed by atoms with Crippen molar-refractivity contribution in [1.82, 2.24) is 10.3 Å². The topological polar surface area (TPSA) is 116 Å². The summed E-state index contributed by atoms with van der Waals surface area (Å²) in [5.74, 6) is -4.65. The van der Waals surface area contributed by atoms with E-state index in [1.807, 2.05) is 0 Å². The Hall–Kier alpha value is -4.21. The van der Waals surface area contributed by atoms with Crippen LogP contribution in [-0.2, 0) is 14.4 Å². The number of amides is 4. The van der Waals surface area contributed by atoms with E-state index < -0.39 is 47.2 Å². The number of anilines is 1. The lowest BCUT2D eigenvalue weighted by Gasteiger charge is -2.16. The number of carbonyl (C=O) groups is 5. The van der Waals surface area contributed by atoms with E-state index in [0.29, 0.717) is 0 Å². The minimum Gasteiger partial charge on any atom is -0.296 e. The van der Waals surface area contributed by atoms with Crippen molar-refractivity contribution in [3.63, 3.8) is 0 Å². The van der Waals surface area contributed by atoms with E-state index in [1.165, 1.54) is 30.3 Å². The van der Waals surface area contributed by atoms with Gasteiger partial charge < -0.3 is 0 Å². The van der Waals surface area contributed by atoms with E-state index in [-0.39, 0.29) is 35.5 Å². The fourth-order valence-electron chi connectivity index (χ4n) is 4.17. The average Bonchev–Trinajstić information content (AvgIpc) is 3.40. The summed E-state index contributed by atoms with van der Waals surface area (Å²) in [4.78, 5) is 65.2. The molecule has 160 valence electrons. The Labute approximate surface area is 180 Å². The molecule has 1 fully saturated rings. The average molecular weight is 434 g/mol. The van der Waals surface area contributed by atoms with Gasteiger partial charge in [-0.2, -0.15) is 5.10 Å². The standard InChI is InChI=1S/C22H15FN4O5/c23-11-4-3-5-12(10-11)27-21(31)16-17(24-25-18(16)22(27)32)15(28)8-9-26-19(29)13-6-1-2-7-14(13)20(26)30/h1-7,10,16,18,25H,8-9H2/t16-,18+/m1/s1. The highest BCUT2D eigenvalue weighted by Crippen LogP contribution is 2.31. The van der Waals surface area contributed by atoms with E-state index in [9.17, 15) is 28.4 Å². The Morgan fingerprint density at radius 2 is 1.66 bits per heavy atom. The summed E-state index contributed by atoms with van der Waals surface area (Å²) in [6.45, 7) is -0.183. The number of ketones is 1. The first-order valence-electron chi connectivity index (χ1n) is 9.83. The van der Waals surface area contributed by atoms with Gasteiger partial charge in [-0.05, 0) is 30.3 Å². The molecular weight excluding hydrogens is 419 g/mol. The van der Waals surface area contributed by atoms with Crippen LogP contribution < -0.4 is 10.3 Å². The maximum absolute atomic E-state index is 13.6. The highest BCUT2D eigenvalue weighted by Gasteiger charge is 2.55. The van der Waals surface area contributed by atoms with Crippen molar-refractivity contribution in [1.29, 1.82) is 0 Å². The normalized spacial score (nSPS) is 21.6. The zero-order valence-electron chi connectivity index (χ0n) is 16.4. The van der Waals surface area contributed by atoms with Crippen LogP contribution in [0.15, 0.2) is 53.6 Å². The molecular formula is C22H15FN4O5. The smallest absolute Gasteiger partial charge is 0.261 e. The molecule has 10 heteroatoms. The summed E-state index contributed by atoms with van der Waals surface area (Å²) in [6, 6.07) is 10.3. The molecule has 3 heterocycles. The Kier molecular flexibility index (Phi) is 4.43. The molecule has 0 spiro atoms. The first kappa shape index (κ1) is 19.7. The van der Waals surface area contributed by atoms with Crippen LogP contribution in [0.3, 0.4) is 0 Å². The van der Waals surface area contributed by atoms with Gasteiger partial charge in [0.25, 0.3) is 17.7 Å². The number of fused-ring (bicyclic) bond motifs is 2. The number of carbonyl (C=O) groups excluding carboxylic acids is 5. The molecule has 2 aromatic rings. The third-order valence-corrected chi connectivity index (χ3v) is 5.72. The molecule has 2 atom stereocenters. The second kappa shape index (κ2) is 7.19. The van der Waals surface area contributed by atoms with Gasteiger partial charge in [0.05, 0.1) is 16.8 Å². The van der Waals surface area contributed by atoms with Gasteiger partial charge in [-0.3, -0.25) is 34.3 Å². The lowest BCUT2D eigenvalue weighted by molar-refractivity contribution is -0.122. The van der Waals surface area contributed by atoms with E-state index in [0.717, 1.165) is 15.9 Å². The van der Waals surface area contributed by atoms with Crippen molar-refractivity contribution in [2.75, 3.05) is 11.4 Å². The van der Waals surface area contributed by atoms with Crippen LogP contribution in [0.1, 0.15) is 27.1 Å². The molecule has 0 aliphatic carbocycles. The number of halogens is 1. The number of nitrogens with one attached hydrogen (secondary N) is 1. The van der Waals surface area contributed by atoms with Crippen LogP contribution in [0, 0.1) is 11.7 Å². The highest BCUT2D eigenvalue weighted by molar-refractivity contribution is 6.48. The number of nitrogens with zero attached hydrogens (tertiary/aromatic N) is 3. The number of Topliss-reactive ketones (excluding diaryl/α,β-unsaturated/α-hetero) is 1. The van der Waals surface area contributed by atoms with Crippen LogP contribution in [-0.4, -0.2) is 52.6 Å². The van der Waals surface area contributed by atoms with E-state index in [1.54, 1.807) is 12.1 Å². The summed E-state index contributed by atoms with van der Waals surface area (Å²) in [5.41, 5.74) is 2.97. The molecule has 4 amide bonds. The maximum atomic E-state index is 13.6. The number of rotatable bonds is 5. The molecule has 3 aliphatic heterocycles. The largest absolute Gasteiger partial charge is 0.296 e. The number of imide groups is 2. The van der Waals surface area contributed by atoms with Crippen molar-refractivity contribution >= 4 is 40.8 Å². The fraction of sp³-hybridized carbons (Fsp3) is 0.182. The molecule has 32 heavy (non-hydrogen) atoms. The summed E-state index contributed by atoms with van der Waals surface area (Å²) >= 11 is 0. The fourth-order valence-corrected chi connectivity index (χ4v) is 4.17. The molecule has 5 rings (SSSR count). The second-order valence-electron chi connectivity index (χ2n) is 7.55. The van der Waals surface area contributed by atoms with Crippen molar-refractivity contribution in [2.45, 2.75) is 12.5 Å². The zero-order chi connectivity index (χ0) is 22.6. The van der Waals surface area contributed by atoms with Crippen LogP contribution in [0.2, 0.25) is 0 Å². The molecule has 9 nitrogen and oxygen atoms in total. The summed E-state index contributed by atoms with van der Waals surface area (Å²) < 4.78 is 13.6. The number of hydrogen-bond donors (Lipinski definition) is 1. The summed E-state index contributed by atoms with van der Waals surface area (Å²) in [5, 5.41) is 3.88. The van der Waals surface area contributed by atoms with Crippen molar-refractivity contribution in [2.24, 2.45) is 11.0 Å². The van der Waals surface area contributed by atoms with Gasteiger partial charge in [-0.25, -0.2) is 9.29 Å². The Morgan fingerprint density at radius 1 is 0.969 bits per heavy atom. The monoisotopic (exact) mass is 434 g/mol. The lowest BCUT2D eigenvalue weighted by atomic mass is 9.94. The minimum absolute atomic E-state index is 0.0639. The first-order chi connectivity index (χ1) is 15.4. The molecule has 1 N–H and O–H groups in total. The molecule has 2 aromatic carbocycles. The van der Waals surface area contributed by atoms with Gasteiger partial charge in [0.2, 0.25) is 5.91 Å². The molecule has 0 radical (unpaired) electrons. The third-order valence-electron chi connectivity index (χ3n) is 5.72. The van der Waals surface area contributed by atoms with Gasteiger partial charge in [-0.15, -0.1) is 0 Å². The Balaban J connectivity index is 1.31. The number of hydrogen-bond acceptors (Lipinski definition) is 7. The highest BCUT2D eigenvalue weighted by atomic mass is 19.1. The SMILES string of the molecule is O=C(CCN1C(=O)c2ccccc2C1=O)C1=NN[C@@H]2C(=O)N(c3cccc(F)c3)C(=O)[C@H]12. The van der Waals surface area contributed by atoms with Crippen molar-refractivity contribution < 1.29 is 28.4 Å². The third kappa shape index (κ3) is 2.83. The number of benzene rings is 2. The molecule has 0 aromatic heterocycles. The molecule has 0 saturated carbocycles. The van der Waals surface area contributed by atoms with Crippen LogP contribution in [0.5, 0.6) is 0 Å². The van der Waals surface area contributed by atoms with Gasteiger partial charge in [-0.1, -0.05) is 18.2 Å². The van der Waals surface area contributed by atoms with Crippen LogP contribution in [0.4, 0.5) is 10.1 Å². The van der Waals surface area contributed by atoms with Crippen molar-refractivity contribution in [3.8, 4) is 0 Å². The molecule has 1 saturated heterocycles.